The lowest BCUT2D eigenvalue weighted by Crippen LogP contribution is -2.53. The molecule has 4 N–H and O–H groups in total. The van der Waals surface area contributed by atoms with E-state index in [2.05, 4.69) is 15.3 Å². The molecule has 24 heavy (non-hydrogen) atoms. The van der Waals surface area contributed by atoms with Crippen molar-refractivity contribution >= 4 is 28.4 Å². The van der Waals surface area contributed by atoms with E-state index in [4.69, 9.17) is 5.73 Å². The highest BCUT2D eigenvalue weighted by Crippen LogP contribution is 2.11. The van der Waals surface area contributed by atoms with E-state index in [0.29, 0.717) is 50.0 Å². The van der Waals surface area contributed by atoms with Crippen molar-refractivity contribution < 1.29 is 9.59 Å². The molecule has 1 aliphatic heterocycles. The van der Waals surface area contributed by atoms with E-state index in [0.717, 1.165) is 5.69 Å². The van der Waals surface area contributed by atoms with Gasteiger partial charge in [-0.3, -0.25) is 4.79 Å². The number of carbonyl (C=O) groups is 2. The number of nitrogens with one attached hydrogen (secondary N) is 2. The van der Waals surface area contributed by atoms with Gasteiger partial charge in [0.15, 0.2) is 5.13 Å². The number of anilines is 1. The third kappa shape index (κ3) is 3.85. The zero-order chi connectivity index (χ0) is 16.9. The zero-order valence-electron chi connectivity index (χ0n) is 13.2. The number of piperazine rings is 1. The third-order valence-corrected chi connectivity index (χ3v) is 4.63. The van der Waals surface area contributed by atoms with E-state index >= 15 is 0 Å². The Morgan fingerprint density at radius 2 is 2.04 bits per heavy atom. The summed E-state index contributed by atoms with van der Waals surface area (Å²) in [7, 11) is 0. The maximum Gasteiger partial charge on any atom is 0.317 e. The van der Waals surface area contributed by atoms with Gasteiger partial charge in [-0.05, 0) is 12.1 Å². The van der Waals surface area contributed by atoms with Crippen molar-refractivity contribution in [3.8, 4) is 0 Å². The van der Waals surface area contributed by atoms with Gasteiger partial charge in [0.1, 0.15) is 5.69 Å². The molecule has 0 aromatic carbocycles. The summed E-state index contributed by atoms with van der Waals surface area (Å²) in [6.45, 7) is 2.65. The van der Waals surface area contributed by atoms with E-state index in [1.807, 2.05) is 5.38 Å². The fourth-order valence-electron chi connectivity index (χ4n) is 2.59. The number of aromatic amines is 1. The molecular weight excluding hydrogens is 328 g/mol. The first-order valence-electron chi connectivity index (χ1n) is 7.79. The molecule has 0 radical (unpaired) electrons. The Kier molecular flexibility index (Phi) is 4.99. The minimum Gasteiger partial charge on any atom is -0.375 e. The number of urea groups is 1. The predicted octanol–water partition coefficient (Wildman–Crippen LogP) is 0.764. The minimum absolute atomic E-state index is 0.0267. The van der Waals surface area contributed by atoms with Crippen LogP contribution >= 0.6 is 11.3 Å². The Morgan fingerprint density at radius 1 is 1.29 bits per heavy atom. The van der Waals surface area contributed by atoms with E-state index in [1.54, 1.807) is 28.1 Å². The van der Waals surface area contributed by atoms with E-state index < -0.39 is 0 Å². The van der Waals surface area contributed by atoms with E-state index in [9.17, 15) is 9.59 Å². The number of rotatable bonds is 4. The van der Waals surface area contributed by atoms with Gasteiger partial charge in [0.25, 0.3) is 5.91 Å². The Bertz CT molecular complexity index is 691. The average Bonchev–Trinajstić information content (AvgIpc) is 3.26. The van der Waals surface area contributed by atoms with Gasteiger partial charge in [-0.15, -0.1) is 11.3 Å². The van der Waals surface area contributed by atoms with E-state index in [-0.39, 0.29) is 11.9 Å². The number of amides is 3. The second kappa shape index (κ2) is 7.35. The van der Waals surface area contributed by atoms with Crippen LogP contribution < -0.4 is 11.1 Å². The largest absolute Gasteiger partial charge is 0.375 e. The van der Waals surface area contributed by atoms with Crippen LogP contribution in [0.3, 0.4) is 0 Å². The van der Waals surface area contributed by atoms with Gasteiger partial charge >= 0.3 is 6.03 Å². The lowest BCUT2D eigenvalue weighted by molar-refractivity contribution is 0.0660. The van der Waals surface area contributed by atoms with Crippen molar-refractivity contribution in [1.82, 2.24) is 25.1 Å². The van der Waals surface area contributed by atoms with Crippen molar-refractivity contribution in [2.24, 2.45) is 0 Å². The zero-order valence-corrected chi connectivity index (χ0v) is 14.0. The molecule has 1 fully saturated rings. The molecule has 8 nitrogen and oxygen atoms in total. The van der Waals surface area contributed by atoms with Crippen molar-refractivity contribution in [3.05, 3.63) is 35.1 Å². The monoisotopic (exact) mass is 348 g/mol. The SMILES string of the molecule is Nc1nc(CCNC(=O)N2CCN(C(=O)c3ccc[nH]3)CC2)cs1. The lowest BCUT2D eigenvalue weighted by atomic mass is 10.3. The second-order valence-electron chi connectivity index (χ2n) is 5.52. The first-order chi connectivity index (χ1) is 11.6. The molecule has 0 aliphatic carbocycles. The molecule has 3 rings (SSSR count). The Labute approximate surface area is 143 Å². The first kappa shape index (κ1) is 16.3. The van der Waals surface area contributed by atoms with Gasteiger partial charge in [0.05, 0.1) is 5.69 Å². The molecule has 0 bridgehead atoms. The van der Waals surface area contributed by atoms with Crippen LogP contribution in [0.2, 0.25) is 0 Å². The highest BCUT2D eigenvalue weighted by molar-refractivity contribution is 7.13. The molecule has 3 amide bonds. The molecule has 0 atom stereocenters. The Morgan fingerprint density at radius 3 is 2.67 bits per heavy atom. The van der Waals surface area contributed by atoms with Crippen LogP contribution in [-0.4, -0.2) is 64.4 Å². The second-order valence-corrected chi connectivity index (χ2v) is 6.41. The molecule has 9 heteroatoms. The molecule has 0 spiro atoms. The highest BCUT2D eigenvalue weighted by Gasteiger charge is 2.24. The minimum atomic E-state index is -0.106. The topological polar surface area (TPSA) is 107 Å². The summed E-state index contributed by atoms with van der Waals surface area (Å²) in [5.41, 5.74) is 7.04. The van der Waals surface area contributed by atoms with Gasteiger partial charge in [0.2, 0.25) is 0 Å². The van der Waals surface area contributed by atoms with Crippen molar-refractivity contribution in [2.75, 3.05) is 38.5 Å². The summed E-state index contributed by atoms with van der Waals surface area (Å²) in [5, 5.41) is 5.32. The number of thiazole rings is 1. The first-order valence-corrected chi connectivity index (χ1v) is 8.67. The summed E-state index contributed by atoms with van der Waals surface area (Å²) in [6.07, 6.45) is 2.39. The van der Waals surface area contributed by atoms with Crippen LogP contribution in [0.4, 0.5) is 9.93 Å². The number of nitrogen functional groups attached to an aromatic ring is 1. The summed E-state index contributed by atoms with van der Waals surface area (Å²) in [5.74, 6) is -0.0267. The molecule has 2 aromatic heterocycles. The van der Waals surface area contributed by atoms with Crippen LogP contribution in [0.25, 0.3) is 0 Å². The Hall–Kier alpha value is -2.55. The predicted molar refractivity (Wildman–Crippen MR) is 91.9 cm³/mol. The molecule has 128 valence electrons. The van der Waals surface area contributed by atoms with Gasteiger partial charge in [0, 0.05) is 50.7 Å². The number of hydrogen-bond donors (Lipinski definition) is 3. The lowest BCUT2D eigenvalue weighted by Gasteiger charge is -2.34. The van der Waals surface area contributed by atoms with E-state index in [1.165, 1.54) is 11.3 Å². The molecule has 2 aromatic rings. The van der Waals surface area contributed by atoms with Crippen LogP contribution in [0, 0.1) is 0 Å². The van der Waals surface area contributed by atoms with Crippen LogP contribution in [0.5, 0.6) is 0 Å². The molecule has 0 unspecified atom stereocenters. The number of nitrogens with zero attached hydrogens (tertiary/aromatic N) is 3. The molecule has 0 saturated carbocycles. The average molecular weight is 348 g/mol. The van der Waals surface area contributed by atoms with Crippen LogP contribution in [0.1, 0.15) is 16.2 Å². The summed E-state index contributed by atoms with van der Waals surface area (Å²) in [6, 6.07) is 3.45. The van der Waals surface area contributed by atoms with Crippen LogP contribution in [-0.2, 0) is 6.42 Å². The normalized spacial score (nSPS) is 14.7. The molecule has 1 saturated heterocycles. The summed E-state index contributed by atoms with van der Waals surface area (Å²) >= 11 is 1.40. The van der Waals surface area contributed by atoms with Crippen molar-refractivity contribution in [2.45, 2.75) is 6.42 Å². The fourth-order valence-corrected chi connectivity index (χ4v) is 3.19. The quantitative estimate of drug-likeness (QED) is 0.758. The summed E-state index contributed by atoms with van der Waals surface area (Å²) < 4.78 is 0. The third-order valence-electron chi connectivity index (χ3n) is 3.91. The molecule has 1 aliphatic rings. The summed E-state index contributed by atoms with van der Waals surface area (Å²) in [4.78, 5) is 35.0. The van der Waals surface area contributed by atoms with Gasteiger partial charge in [-0.1, -0.05) is 0 Å². The highest BCUT2D eigenvalue weighted by atomic mass is 32.1. The number of hydrogen-bond acceptors (Lipinski definition) is 5. The number of carbonyl (C=O) groups excluding carboxylic acids is 2. The molecule has 3 heterocycles. The number of nitrogens with two attached hydrogens (primary N) is 1. The van der Waals surface area contributed by atoms with Gasteiger partial charge in [-0.25, -0.2) is 9.78 Å². The van der Waals surface area contributed by atoms with Gasteiger partial charge in [-0.2, -0.15) is 0 Å². The maximum atomic E-state index is 12.2. The standard InChI is InChI=1S/C15H20N6O2S/c16-14-19-11(10-24-14)3-5-18-15(23)21-8-6-20(7-9-21)13(22)12-2-1-4-17-12/h1-2,4,10,17H,3,5-9H2,(H2,16,19)(H,18,23). The fraction of sp³-hybridized carbons (Fsp3) is 0.400. The van der Waals surface area contributed by atoms with Crippen molar-refractivity contribution in [3.63, 3.8) is 0 Å². The number of aromatic nitrogens is 2. The maximum absolute atomic E-state index is 12.2. The van der Waals surface area contributed by atoms with Gasteiger partial charge < -0.3 is 25.8 Å². The number of H-pyrrole nitrogens is 1. The Balaban J connectivity index is 1.41. The van der Waals surface area contributed by atoms with Crippen LogP contribution in [0.15, 0.2) is 23.7 Å². The molecular formula is C15H20N6O2S. The van der Waals surface area contributed by atoms with Crippen molar-refractivity contribution in [1.29, 1.82) is 0 Å². The smallest absolute Gasteiger partial charge is 0.317 e.